The molecule has 14 nitrogen and oxygen atoms in total. The van der Waals surface area contributed by atoms with Crippen molar-refractivity contribution in [1.82, 2.24) is 20.5 Å². The highest BCUT2D eigenvalue weighted by Crippen LogP contribution is 2.40. The predicted octanol–water partition coefficient (Wildman–Crippen LogP) is 9.23. The van der Waals surface area contributed by atoms with Gasteiger partial charge in [-0.15, -0.1) is 11.3 Å². The highest BCUT2D eigenvalue weighted by molar-refractivity contribution is 7.81. The Balaban J connectivity index is 0.799. The highest BCUT2D eigenvalue weighted by atomic mass is 32.1. The van der Waals surface area contributed by atoms with E-state index in [2.05, 4.69) is 15.6 Å². The van der Waals surface area contributed by atoms with E-state index < -0.39 is 46.2 Å². The van der Waals surface area contributed by atoms with Gasteiger partial charge >= 0.3 is 6.18 Å². The quantitative estimate of drug-likeness (QED) is 0.0598. The van der Waals surface area contributed by atoms with E-state index in [4.69, 9.17) is 26.4 Å². The van der Waals surface area contributed by atoms with Crippen LogP contribution >= 0.6 is 23.6 Å². The summed E-state index contributed by atoms with van der Waals surface area (Å²) in [5.74, 6) is -0.727. The third kappa shape index (κ3) is 12.7. The van der Waals surface area contributed by atoms with Crippen LogP contribution in [0.1, 0.15) is 76.3 Å². The largest absolute Gasteiger partial charge is 0.491 e. The van der Waals surface area contributed by atoms with Gasteiger partial charge in [-0.3, -0.25) is 24.1 Å². The van der Waals surface area contributed by atoms with E-state index in [1.807, 2.05) is 93.9 Å². The first-order chi connectivity index (χ1) is 34.7. The van der Waals surface area contributed by atoms with Crippen molar-refractivity contribution in [1.29, 1.82) is 5.26 Å². The van der Waals surface area contributed by atoms with E-state index in [0.717, 1.165) is 49.9 Å². The Morgan fingerprint density at radius 3 is 2.12 bits per heavy atom. The SMILES string of the molecule is Cc1ncsc1-c1ccc(CNC(=O)[C@@H]2CCCN2C(=O)C(NC(=O)CCOCCOCCOc2ccc(-c3ccc(N4C(=S)N(c5ccc(C#N)c(C(F)(F)F)c5)C(=O)C4(C)C)cc3)cc2)C(C)(C)C)cc1. The van der Waals surface area contributed by atoms with Gasteiger partial charge in [0.05, 0.1) is 65.4 Å². The minimum Gasteiger partial charge on any atom is -0.491 e. The van der Waals surface area contributed by atoms with Gasteiger partial charge in [-0.05, 0) is 116 Å². The van der Waals surface area contributed by atoms with Gasteiger partial charge in [0.1, 0.15) is 30.0 Å². The van der Waals surface area contributed by atoms with Crippen molar-refractivity contribution in [3.05, 3.63) is 119 Å². The van der Waals surface area contributed by atoms with Crippen LogP contribution in [0.2, 0.25) is 0 Å². The first-order valence-electron chi connectivity index (χ1n) is 23.8. The summed E-state index contributed by atoms with van der Waals surface area (Å²) >= 11 is 7.25. The number of amides is 4. The number of rotatable bonds is 19. The number of nitriles is 1. The second kappa shape index (κ2) is 23.0. The van der Waals surface area contributed by atoms with Crippen molar-refractivity contribution >= 4 is 63.7 Å². The maximum atomic E-state index is 13.9. The molecule has 2 saturated heterocycles. The van der Waals surface area contributed by atoms with Crippen molar-refractivity contribution in [2.75, 3.05) is 49.4 Å². The number of benzene rings is 4. The molecule has 2 N–H and O–H groups in total. The van der Waals surface area contributed by atoms with E-state index in [0.29, 0.717) is 44.0 Å². The van der Waals surface area contributed by atoms with E-state index in [-0.39, 0.29) is 61.4 Å². The lowest BCUT2D eigenvalue weighted by molar-refractivity contribution is -0.144. The molecule has 3 heterocycles. The van der Waals surface area contributed by atoms with Crippen LogP contribution in [0.5, 0.6) is 5.75 Å². The highest BCUT2D eigenvalue weighted by Gasteiger charge is 2.51. The number of hydrogen-bond donors (Lipinski definition) is 2. The zero-order valence-electron chi connectivity index (χ0n) is 41.5. The van der Waals surface area contributed by atoms with Crippen LogP contribution < -0.4 is 25.2 Å². The number of halogens is 3. The number of carbonyl (C=O) groups excluding carboxylic acids is 4. The molecule has 7 rings (SSSR count). The molecule has 2 aliphatic heterocycles. The summed E-state index contributed by atoms with van der Waals surface area (Å²) in [6.07, 6.45) is -3.54. The fourth-order valence-corrected chi connectivity index (χ4v) is 10.1. The molecule has 19 heteroatoms. The van der Waals surface area contributed by atoms with Crippen LogP contribution in [-0.2, 0) is 41.4 Å². The number of nitrogens with zero attached hydrogens (tertiary/aromatic N) is 5. The minimum absolute atomic E-state index is 0.00784. The number of ether oxygens (including phenoxy) is 3. The molecule has 4 amide bonds. The predicted molar refractivity (Wildman–Crippen MR) is 277 cm³/mol. The summed E-state index contributed by atoms with van der Waals surface area (Å²) in [7, 11) is 0. The summed E-state index contributed by atoms with van der Waals surface area (Å²) in [6.45, 7) is 12.9. The second-order valence-corrected chi connectivity index (χ2v) is 20.5. The van der Waals surface area contributed by atoms with Crippen LogP contribution in [0.3, 0.4) is 0 Å². The Labute approximate surface area is 432 Å². The van der Waals surface area contributed by atoms with Gasteiger partial charge in [0.15, 0.2) is 5.11 Å². The maximum absolute atomic E-state index is 13.9. The average Bonchev–Trinajstić information content (AvgIpc) is 4.07. The molecule has 1 aromatic heterocycles. The van der Waals surface area contributed by atoms with Crippen molar-refractivity contribution in [3.8, 4) is 33.4 Å². The van der Waals surface area contributed by atoms with Gasteiger partial charge in [-0.1, -0.05) is 69.3 Å². The van der Waals surface area contributed by atoms with Crippen molar-refractivity contribution in [3.63, 3.8) is 0 Å². The number of thiazole rings is 1. The number of likely N-dealkylation sites (tertiary alicyclic amines) is 1. The van der Waals surface area contributed by atoms with E-state index in [9.17, 15) is 37.6 Å². The lowest BCUT2D eigenvalue weighted by Gasteiger charge is -2.35. The van der Waals surface area contributed by atoms with Crippen LogP contribution in [0.15, 0.2) is 96.5 Å². The van der Waals surface area contributed by atoms with Crippen LogP contribution in [0.4, 0.5) is 24.5 Å². The molecule has 0 spiro atoms. The number of aryl methyl sites for hydroxylation is 1. The smallest absolute Gasteiger partial charge is 0.417 e. The number of anilines is 2. The molecule has 5 aromatic rings. The molecular formula is C54H58F3N7O7S2. The molecule has 384 valence electrons. The first-order valence-corrected chi connectivity index (χ1v) is 25.1. The third-order valence-corrected chi connectivity index (χ3v) is 14.0. The van der Waals surface area contributed by atoms with E-state index >= 15 is 0 Å². The monoisotopic (exact) mass is 1040 g/mol. The van der Waals surface area contributed by atoms with Gasteiger partial charge < -0.3 is 34.6 Å². The molecule has 4 aromatic carbocycles. The Hall–Kier alpha value is -6.72. The fraction of sp³-hybridized carbons (Fsp3) is 0.389. The fourth-order valence-electron chi connectivity index (χ4n) is 8.72. The molecule has 0 radical (unpaired) electrons. The lowest BCUT2D eigenvalue weighted by atomic mass is 9.85. The number of nitrogens with one attached hydrogen (secondary N) is 2. The Morgan fingerprint density at radius 1 is 0.890 bits per heavy atom. The van der Waals surface area contributed by atoms with E-state index in [1.54, 1.807) is 53.2 Å². The number of thiocarbonyl (C=S) groups is 1. The molecule has 0 bridgehead atoms. The summed E-state index contributed by atoms with van der Waals surface area (Å²) in [4.78, 5) is 63.7. The molecule has 2 atom stereocenters. The summed E-state index contributed by atoms with van der Waals surface area (Å²) in [5.41, 5.74) is 3.51. The van der Waals surface area contributed by atoms with Crippen LogP contribution in [-0.4, -0.2) is 95.8 Å². The Bertz CT molecular complexity index is 2840. The first kappa shape index (κ1) is 54.1. The number of alkyl halides is 3. The van der Waals surface area contributed by atoms with Gasteiger partial charge in [0, 0.05) is 25.2 Å². The third-order valence-electron chi connectivity index (χ3n) is 12.7. The zero-order valence-corrected chi connectivity index (χ0v) is 43.1. The minimum atomic E-state index is -4.80. The van der Waals surface area contributed by atoms with Crippen LogP contribution in [0, 0.1) is 23.7 Å². The standard InChI is InChI=1S/C54H58F3N7O7S2/c1-34-46(73-33-60-34)38-11-9-35(10-12-38)32-59-48(66)44-8-7-24-62(44)49(67)47(52(2,3)4)61-45(65)23-25-69-26-27-70-28-29-71-42-21-16-37(17-22-42)36-13-18-40(19-14-36)64-51(72)63(50(68)53(64,5)6)41-20-15-39(31-58)43(30-41)54(55,56)57/h9-22,30,33,44,47H,7-8,23-29,32H2,1-6H3,(H,59,66)(H,61,65)/t44-,47?/m0/s1. The molecule has 2 fully saturated rings. The summed E-state index contributed by atoms with van der Waals surface area (Å²) in [6, 6.07) is 25.9. The van der Waals surface area contributed by atoms with Gasteiger partial charge in [0.25, 0.3) is 5.91 Å². The molecular weight excluding hydrogens is 980 g/mol. The van der Waals surface area contributed by atoms with Gasteiger partial charge in [0.2, 0.25) is 17.7 Å². The lowest BCUT2D eigenvalue weighted by Crippen LogP contribution is -2.57. The van der Waals surface area contributed by atoms with E-state index in [1.165, 1.54) is 6.07 Å². The molecule has 0 aliphatic carbocycles. The summed E-state index contributed by atoms with van der Waals surface area (Å²) < 4.78 is 58.4. The number of carbonyl (C=O) groups is 4. The average molecular weight is 1040 g/mol. The maximum Gasteiger partial charge on any atom is 0.417 e. The van der Waals surface area contributed by atoms with Gasteiger partial charge in [-0.25, -0.2) is 4.98 Å². The molecule has 2 aliphatic rings. The number of hydrogen-bond acceptors (Lipinski definition) is 11. The molecule has 0 saturated carbocycles. The molecule has 73 heavy (non-hydrogen) atoms. The summed E-state index contributed by atoms with van der Waals surface area (Å²) in [5, 5.41) is 15.1. The van der Waals surface area contributed by atoms with Crippen molar-refractivity contribution in [2.24, 2.45) is 5.41 Å². The Morgan fingerprint density at radius 2 is 1.51 bits per heavy atom. The van der Waals surface area contributed by atoms with Crippen molar-refractivity contribution < 1.29 is 46.6 Å². The van der Waals surface area contributed by atoms with Crippen molar-refractivity contribution in [2.45, 2.75) is 91.1 Å². The van der Waals surface area contributed by atoms with Crippen LogP contribution in [0.25, 0.3) is 21.6 Å². The molecule has 1 unspecified atom stereocenters. The Kier molecular flexibility index (Phi) is 17.0. The second-order valence-electron chi connectivity index (χ2n) is 19.3. The topological polar surface area (TPSA) is 166 Å². The van der Waals surface area contributed by atoms with Gasteiger partial charge in [-0.2, -0.15) is 18.4 Å². The normalized spacial score (nSPS) is 16.1. The number of aromatic nitrogens is 1. The zero-order chi connectivity index (χ0) is 52.7.